The van der Waals surface area contributed by atoms with E-state index in [4.69, 9.17) is 0 Å². The minimum Gasteiger partial charge on any atom is -0.360 e. The van der Waals surface area contributed by atoms with Gasteiger partial charge in [0.05, 0.1) is 11.7 Å². The smallest absolute Gasteiger partial charge is 0.0537 e. The van der Waals surface area contributed by atoms with Gasteiger partial charge in [-0.3, -0.25) is 0 Å². The first kappa shape index (κ1) is 18.7. The highest BCUT2D eigenvalue weighted by Crippen LogP contribution is 2.51. The van der Waals surface area contributed by atoms with Crippen molar-refractivity contribution in [2.24, 2.45) is 5.92 Å². The Morgan fingerprint density at radius 1 is 1.12 bits per heavy atom. The lowest BCUT2D eigenvalue weighted by Crippen LogP contribution is -2.40. The Morgan fingerprint density at radius 2 is 1.96 bits per heavy atom. The van der Waals surface area contributed by atoms with Crippen LogP contribution in [0.4, 0.5) is 0 Å². The highest BCUT2D eigenvalue weighted by molar-refractivity contribution is 8.05. The van der Waals surface area contributed by atoms with Crippen LogP contribution in [0.25, 0.3) is 0 Å². The molecule has 2 nitrogen and oxygen atoms in total. The Kier molecular flexibility index (Phi) is 6.48. The van der Waals surface area contributed by atoms with E-state index in [0.29, 0.717) is 6.04 Å². The van der Waals surface area contributed by atoms with Crippen LogP contribution in [-0.2, 0) is 0 Å². The normalized spacial score (nSPS) is 27.7. The number of thioether (sulfide) groups is 1. The maximum Gasteiger partial charge on any atom is 0.0537 e. The van der Waals surface area contributed by atoms with E-state index in [1.54, 1.807) is 21.7 Å². The van der Waals surface area contributed by atoms with E-state index in [9.17, 15) is 0 Å². The van der Waals surface area contributed by atoms with Crippen LogP contribution < -0.4 is 5.32 Å². The second-order valence-corrected chi connectivity index (χ2v) is 9.43. The molecule has 26 heavy (non-hydrogen) atoms. The molecule has 0 aromatic heterocycles. The molecule has 4 aliphatic rings. The van der Waals surface area contributed by atoms with Crippen LogP contribution >= 0.6 is 11.8 Å². The minimum atomic E-state index is 0.692. The molecule has 3 aliphatic heterocycles. The summed E-state index contributed by atoms with van der Waals surface area (Å²) in [6.45, 7) is 5.73. The third-order valence-electron chi connectivity index (χ3n) is 6.75. The van der Waals surface area contributed by atoms with Crippen LogP contribution in [0.1, 0.15) is 77.6 Å². The predicted octanol–water partition coefficient (Wildman–Crippen LogP) is 5.98. The molecule has 1 saturated heterocycles. The fourth-order valence-corrected chi connectivity index (χ4v) is 6.48. The van der Waals surface area contributed by atoms with Crippen molar-refractivity contribution < 1.29 is 0 Å². The molecule has 3 heterocycles. The molecule has 1 fully saturated rings. The third kappa shape index (κ3) is 3.80. The van der Waals surface area contributed by atoms with E-state index in [1.165, 1.54) is 77.2 Å². The van der Waals surface area contributed by atoms with Crippen LogP contribution in [-0.4, -0.2) is 30.6 Å². The first-order valence-electron chi connectivity index (χ1n) is 11.2. The molecule has 1 aliphatic carbocycles. The standard InChI is InChI=1S/C23H36N2S/c1-2-3-4-5-6-7-8-10-18-11-12-19-20-17-24-14-13-21(20)25-15-9-16-26-23(18)22(19)25/h9,16,18,21,24H,2-8,10-15,17H2,1H3. The Hall–Kier alpha value is -0.670. The van der Waals surface area contributed by atoms with Crippen molar-refractivity contribution >= 4 is 11.8 Å². The van der Waals surface area contributed by atoms with Gasteiger partial charge in [-0.15, -0.1) is 11.8 Å². The predicted molar refractivity (Wildman–Crippen MR) is 114 cm³/mol. The van der Waals surface area contributed by atoms with Crippen LogP contribution in [0.2, 0.25) is 0 Å². The van der Waals surface area contributed by atoms with E-state index in [2.05, 4.69) is 28.6 Å². The average Bonchev–Trinajstić information content (AvgIpc) is 2.83. The van der Waals surface area contributed by atoms with E-state index in [1.807, 2.05) is 11.8 Å². The van der Waals surface area contributed by atoms with Gasteiger partial charge in [-0.1, -0.05) is 57.9 Å². The molecule has 3 heteroatoms. The molecule has 144 valence electrons. The van der Waals surface area contributed by atoms with Gasteiger partial charge in [0.15, 0.2) is 0 Å². The number of nitrogens with one attached hydrogen (secondary N) is 1. The summed E-state index contributed by atoms with van der Waals surface area (Å²) in [6.07, 6.45) is 17.8. The number of hydrogen-bond donors (Lipinski definition) is 1. The number of allylic oxidation sites excluding steroid dienone is 2. The largest absolute Gasteiger partial charge is 0.360 e. The van der Waals surface area contributed by atoms with Gasteiger partial charge in [0.1, 0.15) is 0 Å². The lowest BCUT2D eigenvalue weighted by atomic mass is 9.85. The van der Waals surface area contributed by atoms with Crippen molar-refractivity contribution in [2.45, 2.75) is 83.6 Å². The monoisotopic (exact) mass is 372 g/mol. The quantitative estimate of drug-likeness (QED) is 0.527. The van der Waals surface area contributed by atoms with Gasteiger partial charge in [-0.25, -0.2) is 0 Å². The number of piperidine rings is 1. The third-order valence-corrected chi connectivity index (χ3v) is 7.85. The SMILES string of the molecule is CCCCCCCCCC1CCC2=C3CNCCC3N3CC=CSC1=C23. The van der Waals surface area contributed by atoms with Crippen LogP contribution in [0.5, 0.6) is 0 Å². The zero-order valence-electron chi connectivity index (χ0n) is 16.6. The lowest BCUT2D eigenvalue weighted by Gasteiger charge is -2.34. The summed E-state index contributed by atoms with van der Waals surface area (Å²) in [5.41, 5.74) is 5.13. The van der Waals surface area contributed by atoms with Gasteiger partial charge in [0, 0.05) is 18.0 Å². The number of unbranched alkanes of at least 4 members (excludes halogenated alkanes) is 6. The summed E-state index contributed by atoms with van der Waals surface area (Å²) in [6, 6.07) is 0.692. The lowest BCUT2D eigenvalue weighted by molar-refractivity contribution is 0.296. The molecule has 0 bridgehead atoms. The molecule has 1 N–H and O–H groups in total. The Morgan fingerprint density at radius 3 is 2.85 bits per heavy atom. The molecule has 0 spiro atoms. The number of rotatable bonds is 8. The topological polar surface area (TPSA) is 15.3 Å². The van der Waals surface area contributed by atoms with Crippen molar-refractivity contribution in [3.63, 3.8) is 0 Å². The molecule has 0 aromatic rings. The summed E-state index contributed by atoms with van der Waals surface area (Å²) in [7, 11) is 0. The fourth-order valence-electron chi connectivity index (χ4n) is 5.37. The van der Waals surface area contributed by atoms with Crippen LogP contribution in [0.15, 0.2) is 33.2 Å². The summed E-state index contributed by atoms with van der Waals surface area (Å²) < 4.78 is 0. The first-order chi connectivity index (χ1) is 12.9. The van der Waals surface area contributed by atoms with Crippen molar-refractivity contribution in [1.29, 1.82) is 0 Å². The molecular formula is C23H36N2S. The molecule has 0 saturated carbocycles. The van der Waals surface area contributed by atoms with Crippen molar-refractivity contribution in [2.75, 3.05) is 19.6 Å². The Balaban J connectivity index is 1.41. The van der Waals surface area contributed by atoms with Gasteiger partial charge in [0.25, 0.3) is 0 Å². The van der Waals surface area contributed by atoms with Crippen molar-refractivity contribution in [3.05, 3.63) is 33.2 Å². The maximum absolute atomic E-state index is 3.63. The molecular weight excluding hydrogens is 336 g/mol. The number of fused-ring (bicyclic) bond motifs is 2. The van der Waals surface area contributed by atoms with E-state index >= 15 is 0 Å². The minimum absolute atomic E-state index is 0.692. The van der Waals surface area contributed by atoms with E-state index < -0.39 is 0 Å². The van der Waals surface area contributed by atoms with Gasteiger partial charge < -0.3 is 10.2 Å². The summed E-state index contributed by atoms with van der Waals surface area (Å²) >= 11 is 2.05. The molecule has 0 radical (unpaired) electrons. The number of nitrogens with zero attached hydrogens (tertiary/aromatic N) is 1. The number of hydrogen-bond acceptors (Lipinski definition) is 3. The molecule has 2 atom stereocenters. The Bertz CT molecular complexity index is 589. The Labute approximate surface area is 164 Å². The average molecular weight is 373 g/mol. The van der Waals surface area contributed by atoms with Crippen LogP contribution in [0.3, 0.4) is 0 Å². The molecule has 0 aromatic carbocycles. The van der Waals surface area contributed by atoms with Gasteiger partial charge >= 0.3 is 0 Å². The van der Waals surface area contributed by atoms with E-state index in [-0.39, 0.29) is 0 Å². The second-order valence-electron chi connectivity index (χ2n) is 8.49. The highest BCUT2D eigenvalue weighted by Gasteiger charge is 2.41. The summed E-state index contributed by atoms with van der Waals surface area (Å²) in [5, 5.41) is 6.00. The molecule has 2 unspecified atom stereocenters. The van der Waals surface area contributed by atoms with Crippen molar-refractivity contribution in [1.82, 2.24) is 10.2 Å². The van der Waals surface area contributed by atoms with Gasteiger partial charge in [-0.05, 0) is 54.7 Å². The highest BCUT2D eigenvalue weighted by atomic mass is 32.2. The van der Waals surface area contributed by atoms with Gasteiger partial charge in [0.2, 0.25) is 0 Å². The van der Waals surface area contributed by atoms with Crippen molar-refractivity contribution in [3.8, 4) is 0 Å². The maximum atomic E-state index is 3.63. The fraction of sp³-hybridized carbons (Fsp3) is 0.739. The summed E-state index contributed by atoms with van der Waals surface area (Å²) in [5.74, 6) is 0.813. The second kappa shape index (κ2) is 9.01. The molecule has 0 amide bonds. The van der Waals surface area contributed by atoms with E-state index in [0.717, 1.165) is 19.0 Å². The zero-order chi connectivity index (χ0) is 17.8. The first-order valence-corrected chi connectivity index (χ1v) is 12.0. The summed E-state index contributed by atoms with van der Waals surface area (Å²) in [4.78, 5) is 4.47. The van der Waals surface area contributed by atoms with Crippen LogP contribution in [0, 0.1) is 5.92 Å². The zero-order valence-corrected chi connectivity index (χ0v) is 17.4. The molecule has 4 rings (SSSR count). The van der Waals surface area contributed by atoms with Gasteiger partial charge in [-0.2, -0.15) is 0 Å².